The first kappa shape index (κ1) is 16.7. The smallest absolute Gasteiger partial charge is 0.119 e. The number of ether oxygens (including phenoxy) is 1. The van der Waals surface area contributed by atoms with E-state index in [9.17, 15) is 0 Å². The van der Waals surface area contributed by atoms with Gasteiger partial charge >= 0.3 is 0 Å². The molecule has 132 valence electrons. The normalized spacial score (nSPS) is 30.6. The van der Waals surface area contributed by atoms with Gasteiger partial charge in [-0.05, 0) is 77.7 Å². The van der Waals surface area contributed by atoms with E-state index >= 15 is 0 Å². The van der Waals surface area contributed by atoms with Gasteiger partial charge < -0.3 is 4.74 Å². The molecule has 0 heterocycles. The molecule has 5 atom stereocenters. The number of fused-ring (bicyclic) bond motifs is 2. The SMILES string of the molecule is CCCOc1ccc(-c2ccc(C3CC4CC3C(C)C4C)cc2)cc1. The summed E-state index contributed by atoms with van der Waals surface area (Å²) < 4.78 is 5.68. The molecule has 5 unspecified atom stereocenters. The topological polar surface area (TPSA) is 9.23 Å². The van der Waals surface area contributed by atoms with Crippen molar-refractivity contribution in [1.29, 1.82) is 0 Å². The van der Waals surface area contributed by atoms with E-state index in [4.69, 9.17) is 4.74 Å². The molecule has 0 radical (unpaired) electrons. The van der Waals surface area contributed by atoms with Crippen molar-refractivity contribution >= 4 is 0 Å². The molecule has 0 aliphatic heterocycles. The molecule has 2 aromatic carbocycles. The van der Waals surface area contributed by atoms with Gasteiger partial charge in [-0.2, -0.15) is 0 Å². The highest BCUT2D eigenvalue weighted by atomic mass is 16.5. The molecule has 2 fully saturated rings. The van der Waals surface area contributed by atoms with Crippen molar-refractivity contribution in [2.24, 2.45) is 23.7 Å². The van der Waals surface area contributed by atoms with E-state index in [2.05, 4.69) is 69.3 Å². The largest absolute Gasteiger partial charge is 0.494 e. The van der Waals surface area contributed by atoms with Crippen LogP contribution in [0.4, 0.5) is 0 Å². The Morgan fingerprint density at radius 3 is 2.04 bits per heavy atom. The molecule has 0 aromatic heterocycles. The minimum atomic E-state index is 0.786. The highest BCUT2D eigenvalue weighted by molar-refractivity contribution is 5.64. The van der Waals surface area contributed by atoms with Gasteiger partial charge in [0, 0.05) is 0 Å². The van der Waals surface area contributed by atoms with Crippen molar-refractivity contribution in [2.45, 2.75) is 46.0 Å². The number of rotatable bonds is 5. The van der Waals surface area contributed by atoms with Crippen LogP contribution in [-0.2, 0) is 0 Å². The van der Waals surface area contributed by atoms with Crippen LogP contribution in [0.1, 0.15) is 51.5 Å². The summed E-state index contributed by atoms with van der Waals surface area (Å²) in [6.07, 6.45) is 3.90. The average molecular weight is 335 g/mol. The van der Waals surface area contributed by atoms with Crippen molar-refractivity contribution in [2.75, 3.05) is 6.61 Å². The van der Waals surface area contributed by atoms with Crippen LogP contribution < -0.4 is 4.74 Å². The van der Waals surface area contributed by atoms with Crippen LogP contribution in [0.3, 0.4) is 0 Å². The Morgan fingerprint density at radius 2 is 1.48 bits per heavy atom. The second-order valence-corrected chi connectivity index (χ2v) is 8.21. The van der Waals surface area contributed by atoms with E-state index in [1.54, 1.807) is 5.56 Å². The van der Waals surface area contributed by atoms with Crippen molar-refractivity contribution in [1.82, 2.24) is 0 Å². The summed E-state index contributed by atoms with van der Waals surface area (Å²) in [5, 5.41) is 0. The van der Waals surface area contributed by atoms with Gasteiger partial charge in [0.25, 0.3) is 0 Å². The molecule has 0 amide bonds. The van der Waals surface area contributed by atoms with Gasteiger partial charge in [-0.3, -0.25) is 0 Å². The maximum atomic E-state index is 5.68. The first-order valence-corrected chi connectivity index (χ1v) is 10.0. The lowest BCUT2D eigenvalue weighted by molar-refractivity contribution is 0.232. The molecule has 0 spiro atoms. The van der Waals surface area contributed by atoms with Crippen LogP contribution in [-0.4, -0.2) is 6.61 Å². The van der Waals surface area contributed by atoms with Crippen LogP contribution in [0.25, 0.3) is 11.1 Å². The van der Waals surface area contributed by atoms with Crippen molar-refractivity contribution in [3.05, 3.63) is 54.1 Å². The van der Waals surface area contributed by atoms with Crippen LogP contribution >= 0.6 is 0 Å². The summed E-state index contributed by atoms with van der Waals surface area (Å²) >= 11 is 0. The molecule has 1 nitrogen and oxygen atoms in total. The van der Waals surface area contributed by atoms with Crippen LogP contribution in [0, 0.1) is 23.7 Å². The lowest BCUT2D eigenvalue weighted by atomic mass is 9.73. The summed E-state index contributed by atoms with van der Waals surface area (Å²) in [5.74, 6) is 5.43. The second-order valence-electron chi connectivity index (χ2n) is 8.21. The molecule has 2 saturated carbocycles. The summed E-state index contributed by atoms with van der Waals surface area (Å²) in [7, 11) is 0. The molecule has 2 aromatic rings. The van der Waals surface area contributed by atoms with Crippen molar-refractivity contribution < 1.29 is 4.74 Å². The fourth-order valence-corrected chi connectivity index (χ4v) is 5.21. The van der Waals surface area contributed by atoms with Gasteiger partial charge in [0.15, 0.2) is 0 Å². The van der Waals surface area contributed by atoms with Gasteiger partial charge in [-0.25, -0.2) is 0 Å². The van der Waals surface area contributed by atoms with Crippen LogP contribution in [0.15, 0.2) is 48.5 Å². The summed E-state index contributed by atoms with van der Waals surface area (Å²) in [6, 6.07) is 17.9. The molecule has 0 N–H and O–H groups in total. The Morgan fingerprint density at radius 1 is 0.840 bits per heavy atom. The van der Waals surface area contributed by atoms with Crippen molar-refractivity contribution in [3.8, 4) is 16.9 Å². The Labute approximate surface area is 152 Å². The van der Waals surface area contributed by atoms with Gasteiger partial charge in [-0.1, -0.05) is 57.2 Å². The first-order valence-electron chi connectivity index (χ1n) is 10.0. The minimum Gasteiger partial charge on any atom is -0.494 e. The van der Waals surface area contributed by atoms with Gasteiger partial charge in [-0.15, -0.1) is 0 Å². The van der Waals surface area contributed by atoms with Crippen LogP contribution in [0.2, 0.25) is 0 Å². The molecule has 4 rings (SSSR count). The zero-order chi connectivity index (χ0) is 17.4. The van der Waals surface area contributed by atoms with Crippen molar-refractivity contribution in [3.63, 3.8) is 0 Å². The third kappa shape index (κ3) is 3.10. The molecular weight excluding hydrogens is 304 g/mol. The maximum Gasteiger partial charge on any atom is 0.119 e. The summed E-state index contributed by atoms with van der Waals surface area (Å²) in [4.78, 5) is 0. The highest BCUT2D eigenvalue weighted by Gasteiger charge is 2.48. The molecule has 0 saturated heterocycles. The second kappa shape index (κ2) is 6.86. The standard InChI is InChI=1S/C24H30O/c1-4-13-25-22-11-9-19(10-12-22)18-5-7-20(8-6-18)24-15-21-14-23(24)17(3)16(21)2/h5-12,16-17,21,23-24H,4,13-15H2,1-3H3. The molecular formula is C24H30O. The summed E-state index contributed by atoms with van der Waals surface area (Å²) in [6.45, 7) is 7.85. The quantitative estimate of drug-likeness (QED) is 0.603. The van der Waals surface area contributed by atoms with Crippen LogP contribution in [0.5, 0.6) is 5.75 Å². The molecule has 25 heavy (non-hydrogen) atoms. The molecule has 2 bridgehead atoms. The van der Waals surface area contributed by atoms with E-state index in [1.165, 1.54) is 24.0 Å². The fraction of sp³-hybridized carbons (Fsp3) is 0.500. The zero-order valence-electron chi connectivity index (χ0n) is 15.7. The van der Waals surface area contributed by atoms with E-state index in [0.717, 1.165) is 48.4 Å². The Kier molecular flexibility index (Phi) is 4.58. The van der Waals surface area contributed by atoms with E-state index in [0.29, 0.717) is 0 Å². The number of hydrogen-bond donors (Lipinski definition) is 0. The molecule has 2 aliphatic rings. The predicted molar refractivity (Wildman–Crippen MR) is 105 cm³/mol. The average Bonchev–Trinajstić information content (AvgIpc) is 3.21. The van der Waals surface area contributed by atoms with E-state index in [1.807, 2.05) is 0 Å². The molecule has 2 aliphatic carbocycles. The Bertz CT molecular complexity index is 698. The van der Waals surface area contributed by atoms with Gasteiger partial charge in [0.2, 0.25) is 0 Å². The lowest BCUT2D eigenvalue weighted by Crippen LogP contribution is -2.22. The Balaban J connectivity index is 1.47. The highest BCUT2D eigenvalue weighted by Crippen LogP contribution is 2.58. The van der Waals surface area contributed by atoms with Gasteiger partial charge in [0.1, 0.15) is 5.75 Å². The first-order chi connectivity index (χ1) is 12.2. The van der Waals surface area contributed by atoms with E-state index < -0.39 is 0 Å². The Hall–Kier alpha value is -1.76. The maximum absolute atomic E-state index is 5.68. The summed E-state index contributed by atoms with van der Waals surface area (Å²) in [5.41, 5.74) is 4.12. The number of benzene rings is 2. The third-order valence-electron chi connectivity index (χ3n) is 6.90. The number of hydrogen-bond acceptors (Lipinski definition) is 1. The monoisotopic (exact) mass is 334 g/mol. The zero-order valence-corrected chi connectivity index (χ0v) is 15.7. The predicted octanol–water partition coefficient (Wildman–Crippen LogP) is 6.54. The molecule has 1 heteroatoms. The fourth-order valence-electron chi connectivity index (χ4n) is 5.21. The lowest BCUT2D eigenvalue weighted by Gasteiger charge is -2.32. The third-order valence-corrected chi connectivity index (χ3v) is 6.90. The van der Waals surface area contributed by atoms with Gasteiger partial charge in [0.05, 0.1) is 6.61 Å². The van der Waals surface area contributed by atoms with E-state index in [-0.39, 0.29) is 0 Å². The minimum absolute atomic E-state index is 0.786.